The van der Waals surface area contributed by atoms with E-state index in [1.807, 2.05) is 38.2 Å². The maximum absolute atomic E-state index is 5.37. The van der Waals surface area contributed by atoms with Crippen molar-refractivity contribution in [2.45, 2.75) is 13.5 Å². The van der Waals surface area contributed by atoms with Gasteiger partial charge in [-0.25, -0.2) is 0 Å². The first-order valence-electron chi connectivity index (χ1n) is 6.46. The van der Waals surface area contributed by atoms with Crippen molar-refractivity contribution >= 4 is 11.4 Å². The Labute approximate surface area is 117 Å². The van der Waals surface area contributed by atoms with E-state index in [4.69, 9.17) is 9.26 Å². The summed E-state index contributed by atoms with van der Waals surface area (Å²) in [6.45, 7) is 2.70. The Kier molecular flexibility index (Phi) is 3.10. The second kappa shape index (κ2) is 4.92. The number of nitrogens with one attached hydrogen (secondary N) is 1. The number of hydrogen-bond acceptors (Lipinski definition) is 5. The lowest BCUT2D eigenvalue weighted by molar-refractivity contribution is 0.322. The highest BCUT2D eigenvalue weighted by Gasteiger charge is 2.22. The van der Waals surface area contributed by atoms with E-state index in [0.29, 0.717) is 0 Å². The molecule has 1 aliphatic heterocycles. The minimum Gasteiger partial charge on any atom is -0.497 e. The van der Waals surface area contributed by atoms with Crippen LogP contribution >= 0.6 is 0 Å². The zero-order chi connectivity index (χ0) is 14.1. The lowest BCUT2D eigenvalue weighted by atomic mass is 10.1. The van der Waals surface area contributed by atoms with Crippen LogP contribution in [0.25, 0.3) is 5.70 Å². The third-order valence-electron chi connectivity index (χ3n) is 3.31. The first kappa shape index (κ1) is 12.6. The van der Waals surface area contributed by atoms with E-state index < -0.39 is 0 Å². The fourth-order valence-electron chi connectivity index (χ4n) is 2.35. The van der Waals surface area contributed by atoms with Gasteiger partial charge in [0, 0.05) is 18.9 Å². The summed E-state index contributed by atoms with van der Waals surface area (Å²) in [4.78, 5) is 2.07. The van der Waals surface area contributed by atoms with Crippen molar-refractivity contribution in [3.8, 4) is 5.75 Å². The normalized spacial score (nSPS) is 13.8. The van der Waals surface area contributed by atoms with Crippen molar-refractivity contribution in [2.24, 2.45) is 0 Å². The van der Waals surface area contributed by atoms with Crippen molar-refractivity contribution in [1.29, 1.82) is 0 Å². The summed E-state index contributed by atoms with van der Waals surface area (Å²) < 4.78 is 10.5. The average Bonchev–Trinajstić information content (AvgIpc) is 2.81. The van der Waals surface area contributed by atoms with Gasteiger partial charge < -0.3 is 19.5 Å². The molecule has 0 atom stereocenters. The van der Waals surface area contributed by atoms with Gasteiger partial charge in [0.2, 0.25) is 0 Å². The molecule has 20 heavy (non-hydrogen) atoms. The predicted molar refractivity (Wildman–Crippen MR) is 77.3 cm³/mol. The van der Waals surface area contributed by atoms with Crippen LogP contribution in [-0.2, 0) is 6.54 Å². The molecule has 3 rings (SSSR count). The quantitative estimate of drug-likeness (QED) is 0.930. The highest BCUT2D eigenvalue weighted by atomic mass is 16.5. The number of methoxy groups -OCH3 is 1. The van der Waals surface area contributed by atoms with Crippen LogP contribution in [0.4, 0.5) is 5.69 Å². The van der Waals surface area contributed by atoms with Gasteiger partial charge in [-0.1, -0.05) is 5.16 Å². The standard InChI is InChI=1S/C15H17N3O2/c1-10-15-13(8-18(2)9-14(15)20-17-10)16-11-4-6-12(19-3)7-5-11/h4-8,16H,9H2,1-3H3. The second-order valence-electron chi connectivity index (χ2n) is 4.88. The van der Waals surface area contributed by atoms with Gasteiger partial charge >= 0.3 is 0 Å². The Morgan fingerprint density at radius 3 is 2.75 bits per heavy atom. The van der Waals surface area contributed by atoms with Crippen LogP contribution in [0.2, 0.25) is 0 Å². The van der Waals surface area contributed by atoms with Gasteiger partial charge in [0.1, 0.15) is 5.75 Å². The molecule has 5 nitrogen and oxygen atoms in total. The molecule has 0 unspecified atom stereocenters. The maximum Gasteiger partial charge on any atom is 0.165 e. The Morgan fingerprint density at radius 2 is 2.05 bits per heavy atom. The van der Waals surface area contributed by atoms with Crippen molar-refractivity contribution in [3.05, 3.63) is 47.5 Å². The Balaban J connectivity index is 1.90. The molecule has 0 radical (unpaired) electrons. The molecular weight excluding hydrogens is 254 g/mol. The topological polar surface area (TPSA) is 50.5 Å². The van der Waals surface area contributed by atoms with Crippen LogP contribution in [0.5, 0.6) is 5.75 Å². The molecule has 0 bridgehead atoms. The molecule has 1 aromatic carbocycles. The van der Waals surface area contributed by atoms with E-state index in [1.165, 1.54) is 0 Å². The van der Waals surface area contributed by atoms with E-state index in [1.54, 1.807) is 7.11 Å². The van der Waals surface area contributed by atoms with Crippen molar-refractivity contribution in [3.63, 3.8) is 0 Å². The van der Waals surface area contributed by atoms with Crippen LogP contribution < -0.4 is 10.1 Å². The zero-order valence-electron chi connectivity index (χ0n) is 11.8. The van der Waals surface area contributed by atoms with Gasteiger partial charge in [0.05, 0.1) is 30.6 Å². The summed E-state index contributed by atoms with van der Waals surface area (Å²) in [5.41, 5.74) is 3.95. The fourth-order valence-corrected chi connectivity index (χ4v) is 2.35. The summed E-state index contributed by atoms with van der Waals surface area (Å²) in [6, 6.07) is 7.82. The van der Waals surface area contributed by atoms with Crippen LogP contribution in [-0.4, -0.2) is 24.2 Å². The van der Waals surface area contributed by atoms with Gasteiger partial charge in [-0.2, -0.15) is 0 Å². The predicted octanol–water partition coefficient (Wildman–Crippen LogP) is 2.85. The minimum atomic E-state index is 0.740. The number of benzene rings is 1. The van der Waals surface area contributed by atoms with Crippen LogP contribution in [0, 0.1) is 6.92 Å². The van der Waals surface area contributed by atoms with Crippen molar-refractivity contribution in [1.82, 2.24) is 10.1 Å². The molecule has 1 N–H and O–H groups in total. The molecule has 0 amide bonds. The lowest BCUT2D eigenvalue weighted by Gasteiger charge is -2.22. The molecule has 0 aliphatic carbocycles. The lowest BCUT2D eigenvalue weighted by Crippen LogP contribution is -2.19. The molecule has 0 saturated carbocycles. The number of aromatic nitrogens is 1. The molecule has 1 aromatic heterocycles. The van der Waals surface area contributed by atoms with Crippen molar-refractivity contribution in [2.75, 3.05) is 19.5 Å². The summed E-state index contributed by atoms with van der Waals surface area (Å²) >= 11 is 0. The third kappa shape index (κ3) is 2.22. The number of hydrogen-bond donors (Lipinski definition) is 1. The SMILES string of the molecule is COc1ccc(NC2=CN(C)Cc3onc(C)c32)cc1. The first-order valence-corrected chi connectivity index (χ1v) is 6.46. The number of ether oxygens (including phenoxy) is 1. The molecule has 2 heterocycles. The Morgan fingerprint density at radius 1 is 1.30 bits per heavy atom. The third-order valence-corrected chi connectivity index (χ3v) is 3.31. The monoisotopic (exact) mass is 271 g/mol. The van der Waals surface area contributed by atoms with E-state index in [-0.39, 0.29) is 0 Å². The zero-order valence-corrected chi connectivity index (χ0v) is 11.8. The average molecular weight is 271 g/mol. The smallest absolute Gasteiger partial charge is 0.165 e. The molecule has 104 valence electrons. The first-order chi connectivity index (χ1) is 9.67. The summed E-state index contributed by atoms with van der Waals surface area (Å²) in [6.07, 6.45) is 2.07. The van der Waals surface area contributed by atoms with E-state index in [9.17, 15) is 0 Å². The van der Waals surface area contributed by atoms with E-state index >= 15 is 0 Å². The van der Waals surface area contributed by atoms with Crippen LogP contribution in [0.3, 0.4) is 0 Å². The molecule has 0 saturated heterocycles. The molecule has 0 fully saturated rings. The number of nitrogens with zero attached hydrogens (tertiary/aromatic N) is 2. The van der Waals surface area contributed by atoms with Crippen molar-refractivity contribution < 1.29 is 9.26 Å². The molecule has 1 aliphatic rings. The maximum atomic E-state index is 5.37. The van der Waals surface area contributed by atoms with Crippen LogP contribution in [0.15, 0.2) is 35.0 Å². The number of rotatable bonds is 3. The summed E-state index contributed by atoms with van der Waals surface area (Å²) in [5.74, 6) is 1.73. The summed E-state index contributed by atoms with van der Waals surface area (Å²) in [7, 11) is 3.67. The number of anilines is 1. The molecule has 5 heteroatoms. The van der Waals surface area contributed by atoms with E-state index in [0.717, 1.165) is 40.7 Å². The fraction of sp³-hybridized carbons (Fsp3) is 0.267. The van der Waals surface area contributed by atoms with Gasteiger partial charge in [0.15, 0.2) is 5.76 Å². The Bertz CT molecular complexity index is 644. The van der Waals surface area contributed by atoms with Gasteiger partial charge in [0.25, 0.3) is 0 Å². The van der Waals surface area contributed by atoms with Crippen LogP contribution in [0.1, 0.15) is 17.0 Å². The highest BCUT2D eigenvalue weighted by Crippen LogP contribution is 2.30. The minimum absolute atomic E-state index is 0.740. The van der Waals surface area contributed by atoms with Gasteiger partial charge in [-0.15, -0.1) is 0 Å². The second-order valence-corrected chi connectivity index (χ2v) is 4.88. The summed E-state index contributed by atoms with van der Waals surface area (Å²) in [5, 5.41) is 7.46. The largest absolute Gasteiger partial charge is 0.497 e. The van der Waals surface area contributed by atoms with Gasteiger partial charge in [-0.3, -0.25) is 0 Å². The molecule has 0 spiro atoms. The van der Waals surface area contributed by atoms with E-state index in [2.05, 4.69) is 21.6 Å². The number of aryl methyl sites for hydroxylation is 1. The number of fused-ring (bicyclic) bond motifs is 1. The Hall–Kier alpha value is -2.43. The van der Waals surface area contributed by atoms with Gasteiger partial charge in [-0.05, 0) is 31.2 Å². The molecular formula is C15H17N3O2. The highest BCUT2D eigenvalue weighted by molar-refractivity contribution is 5.79. The molecule has 2 aromatic rings.